The first kappa shape index (κ1) is 12.6. The number of aromatic hydroxyl groups is 1. The highest BCUT2D eigenvalue weighted by molar-refractivity contribution is 5.35. The highest BCUT2D eigenvalue weighted by Gasteiger charge is 2.29. The van der Waals surface area contributed by atoms with Gasteiger partial charge in [-0.05, 0) is 17.2 Å². The zero-order valence-corrected chi connectivity index (χ0v) is 9.95. The van der Waals surface area contributed by atoms with Crippen molar-refractivity contribution in [2.24, 2.45) is 0 Å². The molecule has 3 N–H and O–H groups in total. The van der Waals surface area contributed by atoms with Crippen LogP contribution in [0.5, 0.6) is 5.75 Å². The molecule has 0 fully saturated rings. The molecule has 0 amide bonds. The van der Waals surface area contributed by atoms with Crippen LogP contribution in [0.1, 0.15) is 11.1 Å². The van der Waals surface area contributed by atoms with Crippen LogP contribution in [0.25, 0.3) is 0 Å². The summed E-state index contributed by atoms with van der Waals surface area (Å²) >= 11 is 0. The van der Waals surface area contributed by atoms with Crippen LogP contribution in [0.4, 0.5) is 0 Å². The van der Waals surface area contributed by atoms with E-state index in [1.54, 1.807) is 48.5 Å². The van der Waals surface area contributed by atoms with E-state index in [2.05, 4.69) is 0 Å². The summed E-state index contributed by atoms with van der Waals surface area (Å²) in [7, 11) is 0. The zero-order valence-electron chi connectivity index (χ0n) is 9.95. The molecule has 0 aliphatic carbocycles. The fourth-order valence-electron chi connectivity index (χ4n) is 1.97. The highest BCUT2D eigenvalue weighted by Crippen LogP contribution is 2.28. The Bertz CT molecular complexity index is 510. The molecule has 1 atom stereocenters. The van der Waals surface area contributed by atoms with Crippen molar-refractivity contribution in [1.82, 2.24) is 0 Å². The number of para-hydroxylation sites is 1. The summed E-state index contributed by atoms with van der Waals surface area (Å²) in [5.41, 5.74) is -0.131. The lowest BCUT2D eigenvalue weighted by molar-refractivity contribution is -0.0191. The minimum atomic E-state index is -1.37. The number of phenolic OH excluding ortho intramolecular Hbond substituents is 1. The molecule has 0 aliphatic heterocycles. The van der Waals surface area contributed by atoms with E-state index in [4.69, 9.17) is 0 Å². The summed E-state index contributed by atoms with van der Waals surface area (Å²) in [5.74, 6) is 0.125. The monoisotopic (exact) mass is 244 g/mol. The van der Waals surface area contributed by atoms with E-state index >= 15 is 0 Å². The van der Waals surface area contributed by atoms with Crippen LogP contribution in [-0.4, -0.2) is 21.9 Å². The fraction of sp³-hybridized carbons (Fsp3) is 0.200. The summed E-state index contributed by atoms with van der Waals surface area (Å²) in [6.45, 7) is -0.397. The van der Waals surface area contributed by atoms with Crippen LogP contribution in [0.2, 0.25) is 0 Å². The van der Waals surface area contributed by atoms with Crippen LogP contribution in [-0.2, 0) is 12.0 Å². The van der Waals surface area contributed by atoms with Gasteiger partial charge in [0, 0.05) is 6.42 Å². The van der Waals surface area contributed by atoms with Crippen LogP contribution in [0, 0.1) is 0 Å². The van der Waals surface area contributed by atoms with Crippen molar-refractivity contribution in [3.05, 3.63) is 65.7 Å². The smallest absolute Gasteiger partial charge is 0.118 e. The Kier molecular flexibility index (Phi) is 3.65. The van der Waals surface area contributed by atoms with E-state index in [0.717, 1.165) is 0 Å². The number of rotatable bonds is 4. The van der Waals surface area contributed by atoms with Gasteiger partial charge in [-0.3, -0.25) is 0 Å². The van der Waals surface area contributed by atoms with E-state index in [1.165, 1.54) is 0 Å². The van der Waals surface area contributed by atoms with Crippen molar-refractivity contribution in [3.8, 4) is 5.75 Å². The summed E-state index contributed by atoms with van der Waals surface area (Å²) in [6, 6.07) is 15.8. The molecule has 0 heterocycles. The predicted octanol–water partition coefficient (Wildman–Crippen LogP) is 1.81. The molecule has 2 aromatic rings. The molecule has 2 aromatic carbocycles. The van der Waals surface area contributed by atoms with Crippen LogP contribution < -0.4 is 0 Å². The van der Waals surface area contributed by atoms with Crippen LogP contribution >= 0.6 is 0 Å². The zero-order chi connectivity index (χ0) is 13.0. The number of benzene rings is 2. The van der Waals surface area contributed by atoms with Gasteiger partial charge < -0.3 is 15.3 Å². The maximum atomic E-state index is 10.5. The normalized spacial score (nSPS) is 14.1. The van der Waals surface area contributed by atoms with Gasteiger partial charge in [0.25, 0.3) is 0 Å². The number of phenols is 1. The van der Waals surface area contributed by atoms with Crippen molar-refractivity contribution in [2.45, 2.75) is 12.0 Å². The second-order valence-electron chi connectivity index (χ2n) is 4.36. The van der Waals surface area contributed by atoms with Gasteiger partial charge in [-0.1, -0.05) is 48.5 Å². The van der Waals surface area contributed by atoms with Crippen molar-refractivity contribution in [3.63, 3.8) is 0 Å². The molecule has 94 valence electrons. The lowest BCUT2D eigenvalue weighted by Gasteiger charge is -2.26. The Balaban J connectivity index is 2.32. The SMILES string of the molecule is OCC(O)(Cc1ccccc1O)c1ccccc1. The van der Waals surface area contributed by atoms with Gasteiger partial charge in [0.2, 0.25) is 0 Å². The third-order valence-electron chi connectivity index (χ3n) is 3.05. The first-order chi connectivity index (χ1) is 8.65. The summed E-state index contributed by atoms with van der Waals surface area (Å²) in [4.78, 5) is 0. The number of aliphatic hydroxyl groups is 2. The molecule has 0 bridgehead atoms. The Hall–Kier alpha value is -1.84. The lowest BCUT2D eigenvalue weighted by Crippen LogP contribution is -2.32. The summed E-state index contributed by atoms with van der Waals surface area (Å²) in [5, 5.41) is 29.7. The van der Waals surface area contributed by atoms with Gasteiger partial charge in [-0.2, -0.15) is 0 Å². The topological polar surface area (TPSA) is 60.7 Å². The third kappa shape index (κ3) is 2.53. The quantitative estimate of drug-likeness (QED) is 0.768. The predicted molar refractivity (Wildman–Crippen MR) is 69.2 cm³/mol. The number of aliphatic hydroxyl groups excluding tert-OH is 1. The van der Waals surface area contributed by atoms with Crippen molar-refractivity contribution >= 4 is 0 Å². The Morgan fingerprint density at radius 1 is 0.889 bits per heavy atom. The molecular weight excluding hydrogens is 228 g/mol. The first-order valence-electron chi connectivity index (χ1n) is 5.81. The van der Waals surface area contributed by atoms with Gasteiger partial charge in [0.05, 0.1) is 6.61 Å². The van der Waals surface area contributed by atoms with Gasteiger partial charge in [0.15, 0.2) is 0 Å². The van der Waals surface area contributed by atoms with E-state index in [0.29, 0.717) is 11.1 Å². The lowest BCUT2D eigenvalue weighted by atomic mass is 9.87. The Morgan fingerprint density at radius 2 is 1.50 bits per heavy atom. The molecule has 0 saturated heterocycles. The molecule has 0 saturated carbocycles. The minimum absolute atomic E-state index is 0.125. The van der Waals surface area contributed by atoms with Crippen LogP contribution in [0.15, 0.2) is 54.6 Å². The molecule has 2 rings (SSSR count). The second kappa shape index (κ2) is 5.21. The highest BCUT2D eigenvalue weighted by atomic mass is 16.3. The standard InChI is InChI=1S/C15H16O3/c16-11-15(18,13-7-2-1-3-8-13)10-12-6-4-5-9-14(12)17/h1-9,16-18H,10-11H2. The average Bonchev–Trinajstić information content (AvgIpc) is 2.42. The molecule has 0 aliphatic rings. The maximum absolute atomic E-state index is 10.5. The van der Waals surface area contributed by atoms with Gasteiger partial charge >= 0.3 is 0 Å². The molecule has 0 spiro atoms. The molecular formula is C15H16O3. The first-order valence-corrected chi connectivity index (χ1v) is 5.81. The molecule has 0 aromatic heterocycles. The summed E-state index contributed by atoms with van der Waals surface area (Å²) in [6.07, 6.45) is 0.167. The molecule has 0 radical (unpaired) electrons. The average molecular weight is 244 g/mol. The largest absolute Gasteiger partial charge is 0.508 e. The third-order valence-corrected chi connectivity index (χ3v) is 3.05. The van der Waals surface area contributed by atoms with Gasteiger partial charge in [-0.15, -0.1) is 0 Å². The van der Waals surface area contributed by atoms with Gasteiger partial charge in [-0.25, -0.2) is 0 Å². The number of hydrogen-bond acceptors (Lipinski definition) is 3. The van der Waals surface area contributed by atoms with E-state index in [-0.39, 0.29) is 12.2 Å². The number of hydrogen-bond donors (Lipinski definition) is 3. The van der Waals surface area contributed by atoms with E-state index < -0.39 is 12.2 Å². The Morgan fingerprint density at radius 3 is 2.11 bits per heavy atom. The maximum Gasteiger partial charge on any atom is 0.118 e. The molecule has 18 heavy (non-hydrogen) atoms. The Labute approximate surface area is 106 Å². The van der Waals surface area contributed by atoms with Crippen molar-refractivity contribution in [2.75, 3.05) is 6.61 Å². The molecule has 3 nitrogen and oxygen atoms in total. The fourth-order valence-corrected chi connectivity index (χ4v) is 1.97. The van der Waals surface area contributed by atoms with Crippen molar-refractivity contribution < 1.29 is 15.3 Å². The molecule has 1 unspecified atom stereocenters. The second-order valence-corrected chi connectivity index (χ2v) is 4.36. The van der Waals surface area contributed by atoms with E-state index in [1.807, 2.05) is 6.07 Å². The van der Waals surface area contributed by atoms with Gasteiger partial charge in [0.1, 0.15) is 11.4 Å². The summed E-state index contributed by atoms with van der Waals surface area (Å²) < 4.78 is 0. The molecule has 3 heteroatoms. The minimum Gasteiger partial charge on any atom is -0.508 e. The van der Waals surface area contributed by atoms with Crippen molar-refractivity contribution in [1.29, 1.82) is 0 Å². The van der Waals surface area contributed by atoms with Crippen LogP contribution in [0.3, 0.4) is 0 Å². The van der Waals surface area contributed by atoms with E-state index in [9.17, 15) is 15.3 Å².